The molecule has 74 valence electrons. The maximum Gasteiger partial charge on any atom is 0.328 e. The molecule has 0 radical (unpaired) electrons. The van der Waals surface area contributed by atoms with Crippen molar-refractivity contribution in [2.45, 2.75) is 25.7 Å². The number of ether oxygens (including phenoxy) is 1. The lowest BCUT2D eigenvalue weighted by atomic mass is 10.1. The van der Waals surface area contributed by atoms with Crippen molar-refractivity contribution in [2.24, 2.45) is 5.92 Å². The van der Waals surface area contributed by atoms with Crippen LogP contribution in [0, 0.1) is 5.92 Å². The summed E-state index contributed by atoms with van der Waals surface area (Å²) in [7, 11) is 0. The fraction of sp³-hybridized carbons (Fsp3) is 0.700. The zero-order valence-electron chi connectivity index (χ0n) is 7.74. The Labute approximate surface area is 78.4 Å². The number of hydrogen-bond donors (Lipinski definition) is 1. The maximum atomic E-state index is 10.1. The smallest absolute Gasteiger partial charge is 0.328 e. The Bertz CT molecular complexity index is 181. The molecule has 1 aliphatic carbocycles. The van der Waals surface area contributed by atoms with Gasteiger partial charge in [0, 0.05) is 12.7 Å². The summed E-state index contributed by atoms with van der Waals surface area (Å²) in [6, 6.07) is 0. The van der Waals surface area contributed by atoms with E-state index >= 15 is 0 Å². The van der Waals surface area contributed by atoms with Gasteiger partial charge in [-0.2, -0.15) is 0 Å². The predicted molar refractivity (Wildman–Crippen MR) is 49.6 cm³/mol. The Kier molecular flexibility index (Phi) is 4.54. The molecule has 0 aromatic carbocycles. The Morgan fingerprint density at radius 1 is 1.46 bits per heavy atom. The van der Waals surface area contributed by atoms with Crippen LogP contribution in [0.4, 0.5) is 0 Å². The molecule has 0 atom stereocenters. The average molecular weight is 184 g/mol. The minimum Gasteiger partial charge on any atom is -0.478 e. The first kappa shape index (κ1) is 10.3. The van der Waals surface area contributed by atoms with Crippen molar-refractivity contribution >= 4 is 5.97 Å². The molecule has 1 aliphatic rings. The SMILES string of the molecule is O=C(O)/C=C/COCC1CCCC1. The molecule has 13 heavy (non-hydrogen) atoms. The Balaban J connectivity index is 1.97. The van der Waals surface area contributed by atoms with Crippen LogP contribution < -0.4 is 0 Å². The minimum absolute atomic E-state index is 0.419. The van der Waals surface area contributed by atoms with E-state index in [0.29, 0.717) is 12.5 Å². The second-order valence-electron chi connectivity index (χ2n) is 3.43. The molecule has 0 amide bonds. The van der Waals surface area contributed by atoms with Crippen LogP contribution >= 0.6 is 0 Å². The Morgan fingerprint density at radius 3 is 2.77 bits per heavy atom. The fourth-order valence-corrected chi connectivity index (χ4v) is 1.63. The van der Waals surface area contributed by atoms with Gasteiger partial charge in [0.25, 0.3) is 0 Å². The van der Waals surface area contributed by atoms with E-state index in [1.807, 2.05) is 0 Å². The number of carboxylic acid groups (broad SMARTS) is 1. The van der Waals surface area contributed by atoms with Crippen LogP contribution in [0.2, 0.25) is 0 Å². The van der Waals surface area contributed by atoms with E-state index in [0.717, 1.165) is 12.7 Å². The van der Waals surface area contributed by atoms with Crippen LogP contribution in [0.5, 0.6) is 0 Å². The standard InChI is InChI=1S/C10H16O3/c11-10(12)6-3-7-13-8-9-4-1-2-5-9/h3,6,9H,1-2,4-5,7-8H2,(H,11,12)/b6-3+. The monoisotopic (exact) mass is 184 g/mol. The van der Waals surface area contributed by atoms with Gasteiger partial charge in [0.2, 0.25) is 0 Å². The van der Waals surface area contributed by atoms with Crippen LogP contribution in [0.15, 0.2) is 12.2 Å². The highest BCUT2D eigenvalue weighted by Crippen LogP contribution is 2.24. The van der Waals surface area contributed by atoms with Crippen LogP contribution in [0.25, 0.3) is 0 Å². The lowest BCUT2D eigenvalue weighted by Crippen LogP contribution is -2.05. The summed E-state index contributed by atoms with van der Waals surface area (Å²) in [4.78, 5) is 10.1. The molecule has 0 aromatic rings. The lowest BCUT2D eigenvalue weighted by Gasteiger charge is -2.07. The molecular formula is C10H16O3. The van der Waals surface area contributed by atoms with Crippen molar-refractivity contribution in [3.05, 3.63) is 12.2 Å². The summed E-state index contributed by atoms with van der Waals surface area (Å²) in [6.45, 7) is 1.20. The van der Waals surface area contributed by atoms with Gasteiger partial charge in [-0.25, -0.2) is 4.79 Å². The minimum atomic E-state index is -0.913. The fourth-order valence-electron chi connectivity index (χ4n) is 1.63. The van der Waals surface area contributed by atoms with E-state index in [2.05, 4.69) is 0 Å². The summed E-state index contributed by atoms with van der Waals surface area (Å²) in [5, 5.41) is 8.28. The van der Waals surface area contributed by atoms with Crippen LogP contribution in [-0.2, 0) is 9.53 Å². The van der Waals surface area contributed by atoms with Crippen LogP contribution in [0.1, 0.15) is 25.7 Å². The molecule has 0 spiro atoms. The Morgan fingerprint density at radius 2 is 2.15 bits per heavy atom. The number of aliphatic carboxylic acids is 1. The first-order valence-electron chi connectivity index (χ1n) is 4.76. The second-order valence-corrected chi connectivity index (χ2v) is 3.43. The zero-order valence-corrected chi connectivity index (χ0v) is 7.74. The predicted octanol–water partition coefficient (Wildman–Crippen LogP) is 1.83. The van der Waals surface area contributed by atoms with Crippen molar-refractivity contribution in [2.75, 3.05) is 13.2 Å². The van der Waals surface area contributed by atoms with Gasteiger partial charge in [-0.1, -0.05) is 18.9 Å². The van der Waals surface area contributed by atoms with Crippen molar-refractivity contribution in [3.8, 4) is 0 Å². The molecule has 3 heteroatoms. The number of rotatable bonds is 5. The number of carbonyl (C=O) groups is 1. The zero-order chi connectivity index (χ0) is 9.52. The summed E-state index contributed by atoms with van der Waals surface area (Å²) < 4.78 is 5.32. The normalized spacial score (nSPS) is 18.5. The van der Waals surface area contributed by atoms with Crippen LogP contribution in [0.3, 0.4) is 0 Å². The van der Waals surface area contributed by atoms with Gasteiger partial charge in [-0.15, -0.1) is 0 Å². The third kappa shape index (κ3) is 4.68. The topological polar surface area (TPSA) is 46.5 Å². The Hall–Kier alpha value is -0.830. The molecule has 0 aliphatic heterocycles. The molecule has 0 heterocycles. The first-order valence-corrected chi connectivity index (χ1v) is 4.76. The number of hydrogen-bond acceptors (Lipinski definition) is 2. The average Bonchev–Trinajstić information content (AvgIpc) is 2.55. The first-order chi connectivity index (χ1) is 6.29. The summed E-state index contributed by atoms with van der Waals surface area (Å²) in [5.41, 5.74) is 0. The molecular weight excluding hydrogens is 168 g/mol. The highest BCUT2D eigenvalue weighted by molar-refractivity contribution is 5.79. The van der Waals surface area contributed by atoms with E-state index in [9.17, 15) is 4.79 Å². The molecule has 0 unspecified atom stereocenters. The molecule has 1 N–H and O–H groups in total. The third-order valence-electron chi connectivity index (χ3n) is 2.30. The molecule has 0 saturated heterocycles. The summed E-state index contributed by atoms with van der Waals surface area (Å²) in [5.74, 6) is -0.206. The maximum absolute atomic E-state index is 10.1. The number of carboxylic acids is 1. The third-order valence-corrected chi connectivity index (χ3v) is 2.30. The molecule has 0 bridgehead atoms. The van der Waals surface area contributed by atoms with Gasteiger partial charge in [0.15, 0.2) is 0 Å². The van der Waals surface area contributed by atoms with Crippen molar-refractivity contribution in [1.82, 2.24) is 0 Å². The largest absolute Gasteiger partial charge is 0.478 e. The van der Waals surface area contributed by atoms with Gasteiger partial charge in [0.05, 0.1) is 6.61 Å². The van der Waals surface area contributed by atoms with E-state index in [4.69, 9.17) is 9.84 Å². The van der Waals surface area contributed by atoms with Crippen molar-refractivity contribution < 1.29 is 14.6 Å². The van der Waals surface area contributed by atoms with Gasteiger partial charge >= 0.3 is 5.97 Å². The quantitative estimate of drug-likeness (QED) is 0.523. The highest BCUT2D eigenvalue weighted by Gasteiger charge is 2.14. The second kappa shape index (κ2) is 5.75. The summed E-state index contributed by atoms with van der Waals surface area (Å²) >= 11 is 0. The molecule has 1 fully saturated rings. The van der Waals surface area contributed by atoms with Gasteiger partial charge in [-0.3, -0.25) is 0 Å². The van der Waals surface area contributed by atoms with Crippen molar-refractivity contribution in [3.63, 3.8) is 0 Å². The van der Waals surface area contributed by atoms with Gasteiger partial charge < -0.3 is 9.84 Å². The van der Waals surface area contributed by atoms with E-state index in [1.54, 1.807) is 0 Å². The lowest BCUT2D eigenvalue weighted by molar-refractivity contribution is -0.131. The van der Waals surface area contributed by atoms with Gasteiger partial charge in [-0.05, 0) is 18.8 Å². The molecule has 1 rings (SSSR count). The van der Waals surface area contributed by atoms with Crippen LogP contribution in [-0.4, -0.2) is 24.3 Å². The van der Waals surface area contributed by atoms with E-state index in [-0.39, 0.29) is 0 Å². The molecule has 1 saturated carbocycles. The van der Waals surface area contributed by atoms with Crippen molar-refractivity contribution in [1.29, 1.82) is 0 Å². The highest BCUT2D eigenvalue weighted by atomic mass is 16.5. The molecule has 3 nitrogen and oxygen atoms in total. The van der Waals surface area contributed by atoms with E-state index in [1.165, 1.54) is 31.8 Å². The summed E-state index contributed by atoms with van der Waals surface area (Å²) in [6.07, 6.45) is 7.83. The molecule has 0 aromatic heterocycles. The van der Waals surface area contributed by atoms with E-state index < -0.39 is 5.97 Å². The van der Waals surface area contributed by atoms with Gasteiger partial charge in [0.1, 0.15) is 0 Å².